The van der Waals surface area contributed by atoms with E-state index in [0.717, 1.165) is 33.7 Å². The zero-order chi connectivity index (χ0) is 18.9. The first-order valence-electron chi connectivity index (χ1n) is 8.79. The van der Waals surface area contributed by atoms with Gasteiger partial charge < -0.3 is 14.6 Å². The van der Waals surface area contributed by atoms with Crippen LogP contribution < -0.4 is 4.74 Å². The van der Waals surface area contributed by atoms with Crippen LogP contribution in [0.4, 0.5) is 5.69 Å². The van der Waals surface area contributed by atoms with Crippen molar-refractivity contribution in [2.45, 2.75) is 6.61 Å². The maximum absolute atomic E-state index is 10.2. The first-order valence-corrected chi connectivity index (χ1v) is 8.79. The fourth-order valence-corrected chi connectivity index (χ4v) is 3.11. The molecule has 5 rings (SSSR count). The summed E-state index contributed by atoms with van der Waals surface area (Å²) in [5.74, 6) is 0.910. The number of hydrogen-bond donors (Lipinski definition) is 1. The number of nitrogens with zero attached hydrogens (tertiary/aromatic N) is 4. The molecule has 1 N–H and O–H groups in total. The molecule has 138 valence electrons. The molecule has 0 radical (unpaired) electrons. The molecular weight excluding hydrogens is 356 g/mol. The smallest absolute Gasteiger partial charge is 0.189 e. The lowest BCUT2D eigenvalue weighted by Gasteiger charge is -2.17. The fraction of sp³-hybridized carbons (Fsp3) is 0.0952. The van der Waals surface area contributed by atoms with Crippen molar-refractivity contribution in [2.75, 3.05) is 6.79 Å². The number of aliphatic imine (C=N–C) groups is 1. The van der Waals surface area contributed by atoms with E-state index in [1.54, 1.807) is 23.0 Å². The second kappa shape index (κ2) is 6.79. The van der Waals surface area contributed by atoms with Gasteiger partial charge in [0, 0.05) is 23.4 Å². The second-order valence-corrected chi connectivity index (χ2v) is 6.39. The Morgan fingerprint density at radius 1 is 1.07 bits per heavy atom. The molecule has 1 aromatic heterocycles. The second-order valence-electron chi connectivity index (χ2n) is 6.39. The maximum atomic E-state index is 10.2. The molecule has 1 aliphatic rings. The third-order valence-electron chi connectivity index (χ3n) is 4.57. The lowest BCUT2D eigenvalue weighted by Crippen LogP contribution is -2.10. The van der Waals surface area contributed by atoms with E-state index in [9.17, 15) is 5.11 Å². The summed E-state index contributed by atoms with van der Waals surface area (Å²) in [5.41, 5.74) is 4.80. The Hall–Kier alpha value is -3.71. The summed E-state index contributed by atoms with van der Waals surface area (Å²) < 4.78 is 12.5. The fourth-order valence-electron chi connectivity index (χ4n) is 3.11. The van der Waals surface area contributed by atoms with Crippen LogP contribution in [0.2, 0.25) is 0 Å². The van der Waals surface area contributed by atoms with Crippen LogP contribution in [0.1, 0.15) is 11.1 Å². The standard InChI is InChI=1S/C21H16N4O3/c26-20-8-7-17(25-19-4-2-1-3-18(19)23-24-25)9-15(20)11-22-16-6-5-14-12-27-13-28-21(14)10-16/h1-11,26H,12-13H2. The summed E-state index contributed by atoms with van der Waals surface area (Å²) in [7, 11) is 0. The van der Waals surface area contributed by atoms with Crippen LogP contribution in [0.5, 0.6) is 11.5 Å². The molecule has 0 fully saturated rings. The predicted octanol–water partition coefficient (Wildman–Crippen LogP) is 3.74. The van der Waals surface area contributed by atoms with E-state index in [-0.39, 0.29) is 12.5 Å². The van der Waals surface area contributed by atoms with E-state index >= 15 is 0 Å². The van der Waals surface area contributed by atoms with Crippen molar-refractivity contribution >= 4 is 22.9 Å². The van der Waals surface area contributed by atoms with Gasteiger partial charge in [-0.25, -0.2) is 4.68 Å². The van der Waals surface area contributed by atoms with Gasteiger partial charge >= 0.3 is 0 Å². The van der Waals surface area contributed by atoms with Gasteiger partial charge in [0.2, 0.25) is 0 Å². The average molecular weight is 372 g/mol. The molecule has 0 amide bonds. The van der Waals surface area contributed by atoms with E-state index in [1.807, 2.05) is 48.5 Å². The third kappa shape index (κ3) is 2.97. The lowest BCUT2D eigenvalue weighted by molar-refractivity contribution is -0.0163. The quantitative estimate of drug-likeness (QED) is 0.554. The number of fused-ring (bicyclic) bond motifs is 2. The summed E-state index contributed by atoms with van der Waals surface area (Å²) in [6.07, 6.45) is 1.62. The molecule has 4 aromatic rings. The molecule has 0 unspecified atom stereocenters. The number of ether oxygens (including phenoxy) is 2. The van der Waals surface area contributed by atoms with Gasteiger partial charge in [-0.05, 0) is 36.4 Å². The number of para-hydroxylation sites is 1. The van der Waals surface area contributed by atoms with Crippen molar-refractivity contribution < 1.29 is 14.6 Å². The van der Waals surface area contributed by atoms with Crippen LogP contribution >= 0.6 is 0 Å². The van der Waals surface area contributed by atoms with E-state index in [0.29, 0.717) is 12.2 Å². The molecule has 0 bridgehead atoms. The molecule has 0 saturated heterocycles. The average Bonchev–Trinajstić information content (AvgIpc) is 3.17. The molecule has 3 aromatic carbocycles. The van der Waals surface area contributed by atoms with E-state index in [1.165, 1.54) is 0 Å². The van der Waals surface area contributed by atoms with E-state index < -0.39 is 0 Å². The Balaban J connectivity index is 1.49. The highest BCUT2D eigenvalue weighted by molar-refractivity contribution is 5.87. The topological polar surface area (TPSA) is 81.8 Å². The largest absolute Gasteiger partial charge is 0.507 e. The third-order valence-corrected chi connectivity index (χ3v) is 4.57. The van der Waals surface area contributed by atoms with Gasteiger partial charge in [0.1, 0.15) is 17.0 Å². The number of phenolic OH excluding ortho intramolecular Hbond substituents is 1. The van der Waals surface area contributed by atoms with Gasteiger partial charge in [-0.2, -0.15) is 0 Å². The Kier molecular flexibility index (Phi) is 3.99. The molecule has 2 heterocycles. The van der Waals surface area contributed by atoms with E-state index in [2.05, 4.69) is 15.3 Å². The summed E-state index contributed by atoms with van der Waals surface area (Å²) in [5, 5.41) is 18.6. The number of aromatic nitrogens is 3. The number of benzene rings is 3. The Morgan fingerprint density at radius 2 is 2.00 bits per heavy atom. The molecule has 0 aliphatic carbocycles. The highest BCUT2D eigenvalue weighted by atomic mass is 16.7. The minimum Gasteiger partial charge on any atom is -0.507 e. The highest BCUT2D eigenvalue weighted by Crippen LogP contribution is 2.29. The molecule has 7 nitrogen and oxygen atoms in total. The zero-order valence-electron chi connectivity index (χ0n) is 14.8. The van der Waals surface area contributed by atoms with Crippen molar-refractivity contribution in [2.24, 2.45) is 4.99 Å². The first kappa shape index (κ1) is 16.5. The van der Waals surface area contributed by atoms with Crippen molar-refractivity contribution in [1.82, 2.24) is 15.0 Å². The normalized spacial score (nSPS) is 13.6. The van der Waals surface area contributed by atoms with Gasteiger partial charge in [0.05, 0.1) is 23.5 Å². The SMILES string of the molecule is Oc1ccc(-n2nnc3ccccc32)cc1C=Nc1ccc2c(c1)OCOC2. The van der Waals surface area contributed by atoms with Gasteiger partial charge in [0.25, 0.3) is 0 Å². The lowest BCUT2D eigenvalue weighted by atomic mass is 10.1. The van der Waals surface area contributed by atoms with E-state index in [4.69, 9.17) is 9.47 Å². The predicted molar refractivity (Wildman–Crippen MR) is 105 cm³/mol. The molecule has 0 atom stereocenters. The molecular formula is C21H16N4O3. The number of hydrogen-bond acceptors (Lipinski definition) is 6. The summed E-state index contributed by atoms with van der Waals surface area (Å²) in [6.45, 7) is 0.781. The van der Waals surface area contributed by atoms with Crippen LogP contribution in [0.3, 0.4) is 0 Å². The zero-order valence-corrected chi connectivity index (χ0v) is 14.8. The van der Waals surface area contributed by atoms with Crippen molar-refractivity contribution in [3.8, 4) is 17.2 Å². The number of rotatable bonds is 3. The highest BCUT2D eigenvalue weighted by Gasteiger charge is 2.11. The molecule has 0 spiro atoms. The minimum atomic E-state index is 0.138. The Morgan fingerprint density at radius 3 is 2.96 bits per heavy atom. The van der Waals surface area contributed by atoms with Crippen molar-refractivity contribution in [3.63, 3.8) is 0 Å². The molecule has 28 heavy (non-hydrogen) atoms. The summed E-state index contributed by atoms with van der Waals surface area (Å²) in [6, 6.07) is 18.6. The van der Waals surface area contributed by atoms with Crippen molar-refractivity contribution in [1.29, 1.82) is 0 Å². The van der Waals surface area contributed by atoms with Gasteiger partial charge in [-0.3, -0.25) is 4.99 Å². The minimum absolute atomic E-state index is 0.138. The van der Waals surface area contributed by atoms with Gasteiger partial charge in [-0.1, -0.05) is 23.4 Å². The number of aromatic hydroxyl groups is 1. The molecule has 0 saturated carbocycles. The summed E-state index contributed by atoms with van der Waals surface area (Å²) in [4.78, 5) is 4.48. The summed E-state index contributed by atoms with van der Waals surface area (Å²) >= 11 is 0. The first-order chi connectivity index (χ1) is 13.8. The van der Waals surface area contributed by atoms with Crippen LogP contribution in [0, 0.1) is 0 Å². The van der Waals surface area contributed by atoms with Crippen LogP contribution in [0.25, 0.3) is 16.7 Å². The van der Waals surface area contributed by atoms with Crippen LogP contribution in [-0.4, -0.2) is 33.1 Å². The van der Waals surface area contributed by atoms with Crippen LogP contribution in [0.15, 0.2) is 65.7 Å². The molecule has 1 aliphatic heterocycles. The van der Waals surface area contributed by atoms with Gasteiger partial charge in [-0.15, -0.1) is 5.10 Å². The number of phenols is 1. The van der Waals surface area contributed by atoms with Crippen LogP contribution in [-0.2, 0) is 11.3 Å². The molecule has 7 heteroatoms. The Labute approximate surface area is 160 Å². The Bertz CT molecular complexity index is 1200. The monoisotopic (exact) mass is 372 g/mol. The van der Waals surface area contributed by atoms with Crippen molar-refractivity contribution in [3.05, 3.63) is 71.8 Å². The van der Waals surface area contributed by atoms with Gasteiger partial charge in [0.15, 0.2) is 6.79 Å². The maximum Gasteiger partial charge on any atom is 0.189 e.